The maximum Gasteiger partial charge on any atom is 0.264 e. The van der Waals surface area contributed by atoms with E-state index in [4.69, 9.17) is 35.4 Å². The van der Waals surface area contributed by atoms with E-state index in [0.29, 0.717) is 15.7 Å². The number of aromatic nitrogens is 2. The largest absolute Gasteiger partial charge is 0.494 e. The van der Waals surface area contributed by atoms with E-state index in [1.807, 2.05) is 0 Å². The van der Waals surface area contributed by atoms with Gasteiger partial charge in [0.25, 0.3) is 5.56 Å². The van der Waals surface area contributed by atoms with Gasteiger partial charge in [-0.3, -0.25) is 19.3 Å². The number of rotatable bonds is 3. The van der Waals surface area contributed by atoms with Crippen LogP contribution >= 0.6 is 35.4 Å². The van der Waals surface area contributed by atoms with E-state index in [9.17, 15) is 14.3 Å². The fraction of sp³-hybridized carbons (Fsp3) is 0. The van der Waals surface area contributed by atoms with Gasteiger partial charge in [-0.15, -0.1) is 0 Å². The van der Waals surface area contributed by atoms with Gasteiger partial charge in [-0.25, -0.2) is 4.39 Å². The molecule has 26 heavy (non-hydrogen) atoms. The van der Waals surface area contributed by atoms with Gasteiger partial charge in [-0.2, -0.15) is 0 Å². The van der Waals surface area contributed by atoms with Crippen LogP contribution in [0.5, 0.6) is 5.88 Å². The standard InChI is InChI=1S/C17H10Cl2FN3O2S/c18-11-6-5-9(7-12(11)19)21-8-10-15(24)22-17(26)23(16(10)25)14-4-2-1-3-13(14)20/h1-8,25H,(H,22,24,26). The van der Waals surface area contributed by atoms with E-state index in [1.54, 1.807) is 18.2 Å². The fourth-order valence-corrected chi connectivity index (χ4v) is 2.79. The Hall–Kier alpha value is -2.48. The Morgan fingerprint density at radius 1 is 1.19 bits per heavy atom. The van der Waals surface area contributed by atoms with Crippen LogP contribution < -0.4 is 5.56 Å². The van der Waals surface area contributed by atoms with Crippen molar-refractivity contribution in [3.8, 4) is 11.6 Å². The zero-order valence-electron chi connectivity index (χ0n) is 12.9. The molecule has 0 aliphatic carbocycles. The number of hydrogen-bond acceptors (Lipinski definition) is 4. The fourth-order valence-electron chi connectivity index (χ4n) is 2.22. The SMILES string of the molecule is O=c1[nH]c(=S)n(-c2ccccc2F)c(O)c1C=Nc1ccc(Cl)c(Cl)c1. The highest BCUT2D eigenvalue weighted by atomic mass is 35.5. The lowest BCUT2D eigenvalue weighted by molar-refractivity contribution is 0.429. The summed E-state index contributed by atoms with van der Waals surface area (Å²) in [4.78, 5) is 18.6. The van der Waals surface area contributed by atoms with Crippen LogP contribution in [0.4, 0.5) is 10.1 Å². The van der Waals surface area contributed by atoms with E-state index in [1.165, 1.54) is 24.3 Å². The van der Waals surface area contributed by atoms with Crippen molar-refractivity contribution in [1.82, 2.24) is 9.55 Å². The van der Waals surface area contributed by atoms with Gasteiger partial charge < -0.3 is 5.11 Å². The Labute approximate surface area is 162 Å². The molecule has 1 aromatic heterocycles. The number of hydrogen-bond donors (Lipinski definition) is 2. The van der Waals surface area contributed by atoms with E-state index >= 15 is 0 Å². The smallest absolute Gasteiger partial charge is 0.264 e. The number of aromatic hydroxyl groups is 1. The van der Waals surface area contributed by atoms with Crippen LogP contribution in [-0.2, 0) is 0 Å². The molecule has 5 nitrogen and oxygen atoms in total. The van der Waals surface area contributed by atoms with Crippen LogP contribution in [-0.4, -0.2) is 20.9 Å². The molecule has 0 spiro atoms. The second-order valence-electron chi connectivity index (χ2n) is 5.14. The molecule has 0 aliphatic heterocycles. The third-order valence-electron chi connectivity index (χ3n) is 3.46. The summed E-state index contributed by atoms with van der Waals surface area (Å²) in [5.74, 6) is -1.15. The van der Waals surface area contributed by atoms with Crippen LogP contribution in [0.2, 0.25) is 10.0 Å². The zero-order chi connectivity index (χ0) is 18.8. The Morgan fingerprint density at radius 3 is 2.62 bits per heavy atom. The molecule has 0 atom stereocenters. The van der Waals surface area contributed by atoms with Gasteiger partial charge in [0.1, 0.15) is 11.4 Å². The number of H-pyrrole nitrogens is 1. The van der Waals surface area contributed by atoms with Crippen LogP contribution in [0, 0.1) is 10.6 Å². The summed E-state index contributed by atoms with van der Waals surface area (Å²) >= 11 is 16.8. The average Bonchev–Trinajstić information content (AvgIpc) is 2.59. The molecule has 0 saturated carbocycles. The van der Waals surface area contributed by atoms with Gasteiger partial charge in [-0.05, 0) is 42.5 Å². The van der Waals surface area contributed by atoms with E-state index in [-0.39, 0.29) is 16.0 Å². The number of halogens is 3. The third kappa shape index (κ3) is 3.55. The molecule has 1 heterocycles. The number of para-hydroxylation sites is 1. The van der Waals surface area contributed by atoms with Crippen molar-refractivity contribution in [3.63, 3.8) is 0 Å². The van der Waals surface area contributed by atoms with Gasteiger partial charge in [-0.1, -0.05) is 35.3 Å². The highest BCUT2D eigenvalue weighted by molar-refractivity contribution is 7.71. The van der Waals surface area contributed by atoms with Crippen LogP contribution in [0.3, 0.4) is 0 Å². The number of aromatic amines is 1. The van der Waals surface area contributed by atoms with E-state index in [0.717, 1.165) is 10.8 Å². The summed E-state index contributed by atoms with van der Waals surface area (Å²) in [6.45, 7) is 0. The molecule has 0 unspecified atom stereocenters. The predicted molar refractivity (Wildman–Crippen MR) is 103 cm³/mol. The summed E-state index contributed by atoms with van der Waals surface area (Å²) in [7, 11) is 0. The third-order valence-corrected chi connectivity index (χ3v) is 4.48. The molecular formula is C17H10Cl2FN3O2S. The Balaban J connectivity index is 2.14. The first kappa shape index (κ1) is 18.3. The van der Waals surface area contributed by atoms with Gasteiger partial charge in [0, 0.05) is 6.21 Å². The molecule has 0 saturated heterocycles. The second-order valence-corrected chi connectivity index (χ2v) is 6.34. The summed E-state index contributed by atoms with van der Waals surface area (Å²) in [6.07, 6.45) is 1.14. The molecular weight excluding hydrogens is 400 g/mol. The van der Waals surface area contributed by atoms with Gasteiger partial charge in [0.15, 0.2) is 4.77 Å². The molecule has 3 rings (SSSR count). The van der Waals surface area contributed by atoms with Crippen molar-refractivity contribution in [3.05, 3.63) is 79.0 Å². The van der Waals surface area contributed by atoms with Gasteiger partial charge in [0.2, 0.25) is 5.88 Å². The summed E-state index contributed by atoms with van der Waals surface area (Å²) < 4.78 is 14.9. The number of aliphatic imine (C=N–C) groups is 1. The Bertz CT molecular complexity index is 1140. The minimum atomic E-state index is -0.663. The maximum atomic E-state index is 14.1. The highest BCUT2D eigenvalue weighted by Gasteiger charge is 2.15. The van der Waals surface area contributed by atoms with Crippen LogP contribution in [0.1, 0.15) is 5.56 Å². The predicted octanol–water partition coefficient (Wildman–Crippen LogP) is 4.80. The lowest BCUT2D eigenvalue weighted by atomic mass is 10.2. The topological polar surface area (TPSA) is 70.4 Å². The molecule has 132 valence electrons. The van der Waals surface area contributed by atoms with Crippen molar-refractivity contribution < 1.29 is 9.50 Å². The van der Waals surface area contributed by atoms with Crippen molar-refractivity contribution in [1.29, 1.82) is 0 Å². The quantitative estimate of drug-likeness (QED) is 0.482. The second kappa shape index (κ2) is 7.41. The van der Waals surface area contributed by atoms with Crippen molar-refractivity contribution >= 4 is 47.3 Å². The Morgan fingerprint density at radius 2 is 1.92 bits per heavy atom. The number of benzene rings is 2. The summed E-state index contributed by atoms with van der Waals surface area (Å²) in [5.41, 5.74) is -0.439. The Kier molecular flexibility index (Phi) is 5.22. The van der Waals surface area contributed by atoms with Crippen LogP contribution in [0.25, 0.3) is 5.69 Å². The monoisotopic (exact) mass is 409 g/mol. The lowest BCUT2D eigenvalue weighted by Crippen LogP contribution is -2.18. The molecule has 2 aromatic carbocycles. The first-order valence-electron chi connectivity index (χ1n) is 7.21. The summed E-state index contributed by atoms with van der Waals surface area (Å²) in [6, 6.07) is 10.3. The zero-order valence-corrected chi connectivity index (χ0v) is 15.2. The average molecular weight is 410 g/mol. The molecule has 0 radical (unpaired) electrons. The van der Waals surface area contributed by atoms with Gasteiger partial charge >= 0.3 is 0 Å². The van der Waals surface area contributed by atoms with E-state index in [2.05, 4.69) is 9.98 Å². The molecule has 0 fully saturated rings. The lowest BCUT2D eigenvalue weighted by Gasteiger charge is -2.11. The molecule has 0 aliphatic rings. The van der Waals surface area contributed by atoms with E-state index < -0.39 is 17.3 Å². The normalized spacial score (nSPS) is 11.2. The first-order chi connectivity index (χ1) is 12.4. The van der Waals surface area contributed by atoms with Crippen LogP contribution in [0.15, 0.2) is 52.3 Å². The molecule has 2 N–H and O–H groups in total. The van der Waals surface area contributed by atoms with Crippen molar-refractivity contribution in [2.45, 2.75) is 0 Å². The maximum absolute atomic E-state index is 14.1. The molecule has 9 heteroatoms. The van der Waals surface area contributed by atoms with Crippen molar-refractivity contribution in [2.75, 3.05) is 0 Å². The highest BCUT2D eigenvalue weighted by Crippen LogP contribution is 2.27. The summed E-state index contributed by atoms with van der Waals surface area (Å²) in [5, 5.41) is 11.1. The molecule has 3 aromatic rings. The first-order valence-corrected chi connectivity index (χ1v) is 8.37. The molecule has 0 amide bonds. The van der Waals surface area contributed by atoms with Crippen molar-refractivity contribution in [2.24, 2.45) is 4.99 Å². The minimum absolute atomic E-state index is 0.00422. The minimum Gasteiger partial charge on any atom is -0.494 e. The number of nitrogens with zero attached hydrogens (tertiary/aromatic N) is 2. The number of nitrogens with one attached hydrogen (secondary N) is 1. The molecule has 0 bridgehead atoms. The van der Waals surface area contributed by atoms with Gasteiger partial charge in [0.05, 0.1) is 21.4 Å².